The summed E-state index contributed by atoms with van der Waals surface area (Å²) in [6.45, 7) is 0.545. The molecule has 0 heterocycles. The fourth-order valence-corrected chi connectivity index (χ4v) is 4.55. The highest BCUT2D eigenvalue weighted by Gasteiger charge is 2.09. The van der Waals surface area contributed by atoms with Crippen molar-refractivity contribution in [2.24, 2.45) is 0 Å². The molecule has 0 bridgehead atoms. The SMILES string of the molecule is CSCCCCCNS(=O)(=O)CCSc1ccc(N)cc1. The summed E-state index contributed by atoms with van der Waals surface area (Å²) in [5, 5.41) is 0. The number of thioether (sulfide) groups is 2. The molecule has 0 aromatic heterocycles. The lowest BCUT2D eigenvalue weighted by atomic mass is 10.2. The molecule has 0 aliphatic heterocycles. The highest BCUT2D eigenvalue weighted by Crippen LogP contribution is 2.19. The lowest BCUT2D eigenvalue weighted by Crippen LogP contribution is -2.28. The molecule has 0 spiro atoms. The number of unbranched alkanes of at least 4 members (excludes halogenated alkanes) is 2. The van der Waals surface area contributed by atoms with Crippen LogP contribution in [-0.4, -0.2) is 38.5 Å². The molecule has 21 heavy (non-hydrogen) atoms. The molecular weight excluding hydrogens is 324 g/mol. The number of sulfonamides is 1. The third kappa shape index (κ3) is 9.29. The number of benzene rings is 1. The van der Waals surface area contributed by atoms with Gasteiger partial charge in [0.25, 0.3) is 0 Å². The van der Waals surface area contributed by atoms with Crippen molar-refractivity contribution in [1.29, 1.82) is 0 Å². The van der Waals surface area contributed by atoms with Crippen molar-refractivity contribution < 1.29 is 8.42 Å². The molecule has 0 radical (unpaired) electrons. The summed E-state index contributed by atoms with van der Waals surface area (Å²) in [7, 11) is -3.15. The molecule has 120 valence electrons. The Labute approximate surface area is 136 Å². The van der Waals surface area contributed by atoms with E-state index in [1.807, 2.05) is 36.0 Å². The Bertz CT molecular complexity index is 489. The van der Waals surface area contributed by atoms with Crippen LogP contribution in [0.3, 0.4) is 0 Å². The molecule has 0 aliphatic carbocycles. The molecule has 0 saturated heterocycles. The lowest BCUT2D eigenvalue weighted by Gasteiger charge is -2.07. The Morgan fingerprint density at radius 3 is 2.48 bits per heavy atom. The summed E-state index contributed by atoms with van der Waals surface area (Å²) in [5.74, 6) is 1.84. The van der Waals surface area contributed by atoms with Crippen molar-refractivity contribution >= 4 is 39.2 Å². The van der Waals surface area contributed by atoms with Gasteiger partial charge in [-0.05, 0) is 49.1 Å². The minimum absolute atomic E-state index is 0.146. The van der Waals surface area contributed by atoms with Gasteiger partial charge in [0.15, 0.2) is 0 Å². The van der Waals surface area contributed by atoms with Gasteiger partial charge in [-0.3, -0.25) is 0 Å². The zero-order valence-electron chi connectivity index (χ0n) is 12.4. The van der Waals surface area contributed by atoms with Crippen molar-refractivity contribution in [1.82, 2.24) is 4.72 Å². The minimum atomic E-state index is -3.15. The van der Waals surface area contributed by atoms with E-state index in [1.54, 1.807) is 0 Å². The van der Waals surface area contributed by atoms with Gasteiger partial charge in [-0.15, -0.1) is 11.8 Å². The predicted molar refractivity (Wildman–Crippen MR) is 95.6 cm³/mol. The van der Waals surface area contributed by atoms with E-state index in [9.17, 15) is 8.42 Å². The molecule has 3 N–H and O–H groups in total. The molecule has 0 atom stereocenters. The van der Waals surface area contributed by atoms with Crippen LogP contribution in [0.25, 0.3) is 0 Å². The van der Waals surface area contributed by atoms with E-state index in [1.165, 1.54) is 11.8 Å². The van der Waals surface area contributed by atoms with Crippen molar-refractivity contribution in [3.8, 4) is 0 Å². The number of hydrogen-bond donors (Lipinski definition) is 2. The van der Waals surface area contributed by atoms with Crippen molar-refractivity contribution in [2.75, 3.05) is 35.8 Å². The standard InChI is InChI=1S/C14H24N2O2S3/c1-19-10-4-2-3-9-16-21(17,18)12-11-20-14-7-5-13(15)6-8-14/h5-8,16H,2-4,9-12,15H2,1H3. The number of rotatable bonds is 11. The first-order valence-corrected chi connectivity index (χ1v) is 11.0. The fourth-order valence-electron chi connectivity index (χ4n) is 1.68. The second-order valence-electron chi connectivity index (χ2n) is 4.68. The van der Waals surface area contributed by atoms with Crippen LogP contribution in [0.2, 0.25) is 0 Å². The van der Waals surface area contributed by atoms with Crippen LogP contribution in [0.15, 0.2) is 29.2 Å². The topological polar surface area (TPSA) is 72.2 Å². The molecule has 4 nitrogen and oxygen atoms in total. The van der Waals surface area contributed by atoms with E-state index >= 15 is 0 Å². The quantitative estimate of drug-likeness (QED) is 0.365. The summed E-state index contributed by atoms with van der Waals surface area (Å²) in [5.41, 5.74) is 6.32. The molecular formula is C14H24N2O2S3. The van der Waals surface area contributed by atoms with E-state index < -0.39 is 10.0 Å². The number of nitrogens with two attached hydrogens (primary N) is 1. The maximum atomic E-state index is 11.8. The summed E-state index contributed by atoms with van der Waals surface area (Å²) >= 11 is 3.35. The van der Waals surface area contributed by atoms with Crippen molar-refractivity contribution in [2.45, 2.75) is 24.2 Å². The van der Waals surface area contributed by atoms with E-state index in [0.717, 1.165) is 35.6 Å². The van der Waals surface area contributed by atoms with Gasteiger partial charge in [-0.2, -0.15) is 11.8 Å². The highest BCUT2D eigenvalue weighted by molar-refractivity contribution is 8.00. The van der Waals surface area contributed by atoms with Gasteiger partial charge in [-0.25, -0.2) is 13.1 Å². The van der Waals surface area contributed by atoms with Crippen LogP contribution in [0.4, 0.5) is 5.69 Å². The first kappa shape index (κ1) is 18.7. The maximum Gasteiger partial charge on any atom is 0.212 e. The fraction of sp³-hybridized carbons (Fsp3) is 0.571. The summed E-state index contributed by atoms with van der Waals surface area (Å²) in [6.07, 6.45) is 5.21. The first-order valence-electron chi connectivity index (χ1n) is 6.98. The number of hydrogen-bond acceptors (Lipinski definition) is 5. The Balaban J connectivity index is 2.16. The molecule has 0 amide bonds. The average Bonchev–Trinajstić information content (AvgIpc) is 2.45. The Kier molecular flexibility index (Phi) is 9.23. The van der Waals surface area contributed by atoms with Gasteiger partial charge in [0.05, 0.1) is 5.75 Å². The van der Waals surface area contributed by atoms with Gasteiger partial charge in [0.2, 0.25) is 10.0 Å². The molecule has 1 rings (SSSR count). The molecule has 7 heteroatoms. The van der Waals surface area contributed by atoms with Gasteiger partial charge in [0.1, 0.15) is 0 Å². The molecule has 1 aromatic rings. The average molecular weight is 349 g/mol. The molecule has 0 saturated carbocycles. The van der Waals surface area contributed by atoms with Crippen LogP contribution in [-0.2, 0) is 10.0 Å². The lowest BCUT2D eigenvalue weighted by molar-refractivity contribution is 0.578. The van der Waals surface area contributed by atoms with Crippen LogP contribution in [0.1, 0.15) is 19.3 Å². The predicted octanol–water partition coefficient (Wildman–Crippen LogP) is 2.81. The van der Waals surface area contributed by atoms with E-state index in [0.29, 0.717) is 12.3 Å². The Hall–Kier alpha value is -0.370. The van der Waals surface area contributed by atoms with E-state index in [4.69, 9.17) is 5.73 Å². The maximum absolute atomic E-state index is 11.8. The second kappa shape index (κ2) is 10.4. The van der Waals surface area contributed by atoms with Crippen molar-refractivity contribution in [3.05, 3.63) is 24.3 Å². The molecule has 1 aromatic carbocycles. The molecule has 0 aliphatic rings. The monoisotopic (exact) mass is 348 g/mol. The summed E-state index contributed by atoms with van der Waals surface area (Å²) < 4.78 is 26.3. The Morgan fingerprint density at radius 1 is 1.10 bits per heavy atom. The number of anilines is 1. The zero-order valence-corrected chi connectivity index (χ0v) is 14.8. The zero-order chi connectivity index (χ0) is 15.6. The smallest absolute Gasteiger partial charge is 0.212 e. The summed E-state index contributed by atoms with van der Waals surface area (Å²) in [4.78, 5) is 1.04. The molecule has 0 fully saturated rings. The van der Waals surface area contributed by atoms with Crippen LogP contribution < -0.4 is 10.5 Å². The third-order valence-electron chi connectivity index (χ3n) is 2.85. The number of nitrogens with one attached hydrogen (secondary N) is 1. The van der Waals surface area contributed by atoms with Gasteiger partial charge in [-0.1, -0.05) is 6.42 Å². The molecule has 0 unspecified atom stereocenters. The van der Waals surface area contributed by atoms with Gasteiger partial charge < -0.3 is 5.73 Å². The van der Waals surface area contributed by atoms with Gasteiger partial charge >= 0.3 is 0 Å². The van der Waals surface area contributed by atoms with Crippen LogP contribution >= 0.6 is 23.5 Å². The van der Waals surface area contributed by atoms with Gasteiger partial charge in [0, 0.05) is 22.9 Å². The van der Waals surface area contributed by atoms with E-state index in [-0.39, 0.29) is 5.75 Å². The number of nitrogen functional groups attached to an aromatic ring is 1. The summed E-state index contributed by atoms with van der Waals surface area (Å²) in [6, 6.07) is 7.46. The highest BCUT2D eigenvalue weighted by atomic mass is 32.2. The van der Waals surface area contributed by atoms with Crippen molar-refractivity contribution in [3.63, 3.8) is 0 Å². The third-order valence-corrected chi connectivity index (χ3v) is 6.20. The first-order chi connectivity index (χ1) is 10.0. The Morgan fingerprint density at radius 2 is 1.81 bits per heavy atom. The minimum Gasteiger partial charge on any atom is -0.399 e. The van der Waals surface area contributed by atoms with Crippen LogP contribution in [0, 0.1) is 0 Å². The largest absolute Gasteiger partial charge is 0.399 e. The van der Waals surface area contributed by atoms with E-state index in [2.05, 4.69) is 11.0 Å². The van der Waals surface area contributed by atoms with Crippen LogP contribution in [0.5, 0.6) is 0 Å². The normalized spacial score (nSPS) is 11.7. The second-order valence-corrected chi connectivity index (χ2v) is 8.76.